The predicted molar refractivity (Wildman–Crippen MR) is 130 cm³/mol. The number of aromatic hydroxyl groups is 1. The second-order valence-electron chi connectivity index (χ2n) is 7.49. The topological polar surface area (TPSA) is 143 Å². The first-order valence-electron chi connectivity index (χ1n) is 10.1. The number of hydrogen-bond donors (Lipinski definition) is 3. The SMILES string of the molecule is COC(=O)C(C=S)NC(=O)c1ccc(C(=O)O)c(-c2c3ccc(=O)cc-3oc3cc(O)ccc23)c1. The summed E-state index contributed by atoms with van der Waals surface area (Å²) in [6.45, 7) is 0. The fraction of sp³-hybridized carbons (Fsp3) is 0.0800. The second-order valence-corrected chi connectivity index (χ2v) is 7.76. The quantitative estimate of drug-likeness (QED) is 0.210. The molecule has 2 aromatic carbocycles. The van der Waals surface area contributed by atoms with Crippen LogP contribution in [-0.4, -0.2) is 46.6 Å². The Morgan fingerprint density at radius 1 is 1.06 bits per heavy atom. The Labute approximate surface area is 202 Å². The van der Waals surface area contributed by atoms with Crippen molar-refractivity contribution in [1.82, 2.24) is 5.32 Å². The molecule has 1 aliphatic carbocycles. The summed E-state index contributed by atoms with van der Waals surface area (Å²) in [4.78, 5) is 48.8. The summed E-state index contributed by atoms with van der Waals surface area (Å²) in [5.74, 6) is -2.62. The standard InChI is InChI=1S/C25H17NO8S/c1-33-25(32)19(11-35)26-23(29)12-2-5-15(24(30)31)18(8-12)22-16-6-3-13(27)9-20(16)34-21-10-14(28)4-7-17(21)22/h2-11,19,27H,1H3,(H,26,29)(H,30,31). The summed E-state index contributed by atoms with van der Waals surface area (Å²) in [5, 5.41) is 23.7. The maximum atomic E-state index is 12.9. The number of thiocarbonyl (C=S) groups is 1. The van der Waals surface area contributed by atoms with Gasteiger partial charge in [-0.15, -0.1) is 0 Å². The average molecular weight is 491 g/mol. The number of rotatable bonds is 6. The number of esters is 1. The Kier molecular flexibility index (Phi) is 6.30. The number of carbonyl (C=O) groups is 3. The minimum atomic E-state index is -1.25. The van der Waals surface area contributed by atoms with Crippen molar-refractivity contribution in [3.05, 3.63) is 75.9 Å². The van der Waals surface area contributed by atoms with Gasteiger partial charge in [0.1, 0.15) is 17.1 Å². The van der Waals surface area contributed by atoms with E-state index in [-0.39, 0.29) is 39.2 Å². The molecule has 1 aliphatic heterocycles. The lowest BCUT2D eigenvalue weighted by molar-refractivity contribution is -0.140. The minimum Gasteiger partial charge on any atom is -0.508 e. The van der Waals surface area contributed by atoms with Gasteiger partial charge in [0.2, 0.25) is 0 Å². The van der Waals surface area contributed by atoms with Gasteiger partial charge in [-0.25, -0.2) is 9.59 Å². The summed E-state index contributed by atoms with van der Waals surface area (Å²) in [6.07, 6.45) is 0. The van der Waals surface area contributed by atoms with Crippen molar-refractivity contribution in [2.24, 2.45) is 0 Å². The first-order valence-corrected chi connectivity index (χ1v) is 10.6. The monoisotopic (exact) mass is 491 g/mol. The number of aromatic carboxylic acids is 1. The van der Waals surface area contributed by atoms with Crippen LogP contribution in [0.2, 0.25) is 0 Å². The van der Waals surface area contributed by atoms with E-state index >= 15 is 0 Å². The van der Waals surface area contributed by atoms with E-state index in [2.05, 4.69) is 10.1 Å². The van der Waals surface area contributed by atoms with Crippen LogP contribution in [0, 0.1) is 0 Å². The highest BCUT2D eigenvalue weighted by molar-refractivity contribution is 7.79. The highest BCUT2D eigenvalue weighted by atomic mass is 32.1. The van der Waals surface area contributed by atoms with E-state index in [1.807, 2.05) is 0 Å². The lowest BCUT2D eigenvalue weighted by Crippen LogP contribution is -2.42. The van der Waals surface area contributed by atoms with Crippen LogP contribution in [0.3, 0.4) is 0 Å². The van der Waals surface area contributed by atoms with Gasteiger partial charge >= 0.3 is 11.9 Å². The molecule has 2 aliphatic rings. The summed E-state index contributed by atoms with van der Waals surface area (Å²) in [7, 11) is 1.15. The van der Waals surface area contributed by atoms with Gasteiger partial charge in [-0.2, -0.15) is 0 Å². The maximum Gasteiger partial charge on any atom is 0.336 e. The van der Waals surface area contributed by atoms with Crippen molar-refractivity contribution in [3.63, 3.8) is 0 Å². The van der Waals surface area contributed by atoms with Crippen LogP contribution < -0.4 is 10.7 Å². The Hall–Kier alpha value is -4.57. The fourth-order valence-electron chi connectivity index (χ4n) is 3.73. The zero-order chi connectivity index (χ0) is 25.3. The smallest absolute Gasteiger partial charge is 0.336 e. The van der Waals surface area contributed by atoms with Crippen LogP contribution in [0.1, 0.15) is 20.7 Å². The van der Waals surface area contributed by atoms with E-state index in [9.17, 15) is 29.4 Å². The van der Waals surface area contributed by atoms with E-state index < -0.39 is 23.9 Å². The van der Waals surface area contributed by atoms with Crippen LogP contribution in [0.25, 0.3) is 33.4 Å². The van der Waals surface area contributed by atoms with Gasteiger partial charge in [0.15, 0.2) is 11.5 Å². The molecule has 0 saturated carbocycles. The molecule has 1 atom stereocenters. The van der Waals surface area contributed by atoms with Crippen molar-refractivity contribution in [1.29, 1.82) is 0 Å². The summed E-state index contributed by atoms with van der Waals surface area (Å²) < 4.78 is 10.4. The molecule has 1 amide bonds. The van der Waals surface area contributed by atoms with E-state index in [4.69, 9.17) is 16.6 Å². The highest BCUT2D eigenvalue weighted by Gasteiger charge is 2.25. The lowest BCUT2D eigenvalue weighted by Gasteiger charge is -2.18. The molecule has 35 heavy (non-hydrogen) atoms. The number of amides is 1. The molecule has 0 fully saturated rings. The molecule has 4 rings (SSSR count). The minimum absolute atomic E-state index is 0.0528. The van der Waals surface area contributed by atoms with Crippen LogP contribution in [0.5, 0.6) is 5.75 Å². The Balaban J connectivity index is 1.98. The highest BCUT2D eigenvalue weighted by Crippen LogP contribution is 2.42. The molecule has 0 radical (unpaired) electrons. The van der Waals surface area contributed by atoms with Crippen LogP contribution in [0.4, 0.5) is 0 Å². The van der Waals surface area contributed by atoms with E-state index in [0.29, 0.717) is 16.5 Å². The molecule has 1 unspecified atom stereocenters. The molecule has 0 bridgehead atoms. The number of nitrogens with one attached hydrogen (secondary N) is 1. The molecule has 1 heterocycles. The Morgan fingerprint density at radius 2 is 1.83 bits per heavy atom. The number of methoxy groups -OCH3 is 1. The van der Waals surface area contributed by atoms with Gasteiger partial charge < -0.3 is 24.7 Å². The van der Waals surface area contributed by atoms with Gasteiger partial charge in [0.25, 0.3) is 5.91 Å². The number of ether oxygens (including phenoxy) is 1. The molecule has 10 heteroatoms. The summed E-state index contributed by atoms with van der Waals surface area (Å²) >= 11 is 4.79. The number of phenolic OH excluding ortho intramolecular Hbond substituents is 1. The van der Waals surface area contributed by atoms with Crippen molar-refractivity contribution >= 4 is 46.4 Å². The lowest BCUT2D eigenvalue weighted by atomic mass is 9.89. The Morgan fingerprint density at radius 3 is 2.51 bits per heavy atom. The van der Waals surface area contributed by atoms with Gasteiger partial charge in [-0.3, -0.25) is 9.59 Å². The number of fused-ring (bicyclic) bond motifs is 2. The molecule has 2 aromatic rings. The number of carboxylic acid groups (broad SMARTS) is 1. The second kappa shape index (κ2) is 9.35. The summed E-state index contributed by atoms with van der Waals surface area (Å²) in [5.41, 5.74) is 0.785. The van der Waals surface area contributed by atoms with Crippen LogP contribution in [0.15, 0.2) is 63.8 Å². The number of phenols is 1. The first kappa shape index (κ1) is 23.6. The van der Waals surface area contributed by atoms with Crippen molar-refractivity contribution in [2.45, 2.75) is 6.04 Å². The molecular weight excluding hydrogens is 474 g/mol. The van der Waals surface area contributed by atoms with Crippen molar-refractivity contribution in [3.8, 4) is 28.2 Å². The van der Waals surface area contributed by atoms with E-state index in [1.165, 1.54) is 48.5 Å². The molecule has 0 spiro atoms. The van der Waals surface area contributed by atoms with Crippen LogP contribution >= 0.6 is 12.2 Å². The maximum absolute atomic E-state index is 12.9. The zero-order valence-corrected chi connectivity index (χ0v) is 18.9. The largest absolute Gasteiger partial charge is 0.508 e. The molecule has 3 N–H and O–H groups in total. The van der Waals surface area contributed by atoms with Gasteiger partial charge in [-0.1, -0.05) is 12.2 Å². The normalized spacial score (nSPS) is 11.7. The van der Waals surface area contributed by atoms with Crippen LogP contribution in [-0.2, 0) is 9.53 Å². The molecule has 176 valence electrons. The van der Waals surface area contributed by atoms with E-state index in [1.54, 1.807) is 6.07 Å². The average Bonchev–Trinajstić information content (AvgIpc) is 2.84. The van der Waals surface area contributed by atoms with Gasteiger partial charge in [-0.05, 0) is 48.0 Å². The Bertz CT molecular complexity index is 1540. The van der Waals surface area contributed by atoms with E-state index in [0.717, 1.165) is 12.5 Å². The predicted octanol–water partition coefficient (Wildman–Crippen LogP) is 3.24. The third kappa shape index (κ3) is 4.46. The zero-order valence-electron chi connectivity index (χ0n) is 18.1. The van der Waals surface area contributed by atoms with Crippen molar-refractivity contribution < 1.29 is 33.8 Å². The molecule has 0 saturated heterocycles. The number of carbonyl (C=O) groups excluding carboxylic acids is 2. The fourth-order valence-corrected chi connectivity index (χ4v) is 3.91. The molecular formula is C25H17NO8S. The van der Waals surface area contributed by atoms with Crippen molar-refractivity contribution in [2.75, 3.05) is 7.11 Å². The number of hydrogen-bond acceptors (Lipinski definition) is 8. The first-order chi connectivity index (χ1) is 16.7. The third-order valence-corrected chi connectivity index (χ3v) is 5.61. The summed E-state index contributed by atoms with van der Waals surface area (Å²) in [6, 6.07) is 11.1. The molecule has 0 aromatic heterocycles. The molecule has 9 nitrogen and oxygen atoms in total. The third-order valence-electron chi connectivity index (χ3n) is 5.34. The van der Waals surface area contributed by atoms with Gasteiger partial charge in [0, 0.05) is 39.6 Å². The number of benzene rings is 3. The number of carboxylic acids is 1. The van der Waals surface area contributed by atoms with Gasteiger partial charge in [0.05, 0.1) is 12.7 Å².